The van der Waals surface area contributed by atoms with E-state index in [0.717, 1.165) is 6.92 Å². The molecule has 0 rings (SSSR count). The number of halogens is 11. The normalized spacial score (nSPS) is 21.7. The molecular weight excluding hydrogens is 393 g/mol. The molecule has 0 amide bonds. The summed E-state index contributed by atoms with van der Waals surface area (Å²) in [6.07, 6.45) is -20.2. The van der Waals surface area contributed by atoms with Crippen LogP contribution in [-0.4, -0.2) is 41.1 Å². The second-order valence-corrected chi connectivity index (χ2v) is 6.73. The molecule has 0 N–H and O–H groups in total. The van der Waals surface area contributed by atoms with Crippen molar-refractivity contribution in [2.45, 2.75) is 88.5 Å². The molecule has 0 aliphatic heterocycles. The summed E-state index contributed by atoms with van der Waals surface area (Å²) in [6.45, 7) is 0.630. The average Bonchev–Trinajstić information content (AvgIpc) is 2.32. The lowest BCUT2D eigenvalue weighted by Crippen LogP contribution is -2.70. The van der Waals surface area contributed by atoms with Gasteiger partial charge in [-0.3, -0.25) is 0 Å². The van der Waals surface area contributed by atoms with Crippen LogP contribution in [-0.2, 0) is 4.74 Å². The fraction of sp³-hybridized carbons (Fsp3) is 1.00. The van der Waals surface area contributed by atoms with Crippen molar-refractivity contribution >= 4 is 0 Å². The quantitative estimate of drug-likeness (QED) is 0.436. The van der Waals surface area contributed by atoms with Crippen LogP contribution >= 0.6 is 0 Å². The van der Waals surface area contributed by atoms with Gasteiger partial charge in [-0.25, -0.2) is 13.2 Å². The van der Waals surface area contributed by atoms with Crippen LogP contribution in [0, 0.1) is 0 Å². The molecule has 0 aliphatic rings. The Morgan fingerprint density at radius 3 is 1.27 bits per heavy atom. The average molecular weight is 412 g/mol. The van der Waals surface area contributed by atoms with E-state index in [-0.39, 0.29) is 27.7 Å². The second kappa shape index (κ2) is 6.66. The highest BCUT2D eigenvalue weighted by atomic mass is 19.4. The number of hydrogen-bond acceptors (Lipinski definition) is 1. The van der Waals surface area contributed by atoms with Gasteiger partial charge in [0.15, 0.2) is 5.67 Å². The number of alkyl halides is 11. The smallest absolute Gasteiger partial charge is 0.307 e. The molecule has 158 valence electrons. The van der Waals surface area contributed by atoms with Crippen LogP contribution in [0.5, 0.6) is 0 Å². The summed E-state index contributed by atoms with van der Waals surface area (Å²) in [5.74, 6) is 0. The largest absolute Gasteiger partial charge is 0.434 e. The molecule has 12 heteroatoms. The third-order valence-electron chi connectivity index (χ3n) is 4.22. The van der Waals surface area contributed by atoms with Crippen molar-refractivity contribution in [1.29, 1.82) is 0 Å². The molecule has 3 atom stereocenters. The first-order valence-corrected chi connectivity index (χ1v) is 7.30. The van der Waals surface area contributed by atoms with Crippen molar-refractivity contribution in [3.8, 4) is 0 Å². The molecule has 0 radical (unpaired) electrons. The molecule has 3 unspecified atom stereocenters. The van der Waals surface area contributed by atoms with Gasteiger partial charge in [0.05, 0.1) is 0 Å². The molecule has 0 aromatic heterocycles. The van der Waals surface area contributed by atoms with Gasteiger partial charge in [-0.1, -0.05) is 13.3 Å². The van der Waals surface area contributed by atoms with Gasteiger partial charge in [-0.2, -0.15) is 35.1 Å². The molecule has 0 aliphatic carbocycles. The molecule has 0 saturated carbocycles. The Bertz CT molecular complexity index is 473. The number of ether oxygens (including phenoxy) is 1. The van der Waals surface area contributed by atoms with Gasteiger partial charge >= 0.3 is 24.1 Å². The van der Waals surface area contributed by atoms with Crippen molar-refractivity contribution in [3.05, 3.63) is 0 Å². The third-order valence-corrected chi connectivity index (χ3v) is 4.22. The highest BCUT2D eigenvalue weighted by molar-refractivity contribution is 5.09. The predicted octanol–water partition coefficient (Wildman–Crippen LogP) is 6.46. The Hall–Kier alpha value is -0.810. The Labute approximate surface area is 142 Å². The Kier molecular flexibility index (Phi) is 6.45. The zero-order valence-corrected chi connectivity index (χ0v) is 14.5. The Balaban J connectivity index is 6.44. The lowest BCUT2D eigenvalue weighted by Gasteiger charge is -2.47. The van der Waals surface area contributed by atoms with Gasteiger partial charge in [-0.15, -0.1) is 0 Å². The Morgan fingerprint density at radius 1 is 0.654 bits per heavy atom. The van der Waals surface area contributed by atoms with E-state index in [1.54, 1.807) is 0 Å². The highest BCUT2D eigenvalue weighted by Gasteiger charge is 2.82. The van der Waals surface area contributed by atoms with Crippen molar-refractivity contribution in [2.24, 2.45) is 0 Å². The van der Waals surface area contributed by atoms with E-state index >= 15 is 0 Å². The minimum Gasteiger partial charge on any atom is -0.307 e. The first-order chi connectivity index (χ1) is 11.0. The monoisotopic (exact) mass is 412 g/mol. The summed E-state index contributed by atoms with van der Waals surface area (Å²) in [6, 6.07) is 0. The van der Waals surface area contributed by atoms with Crippen LogP contribution in [0.25, 0.3) is 0 Å². The van der Waals surface area contributed by atoms with Gasteiger partial charge in [0.2, 0.25) is 5.67 Å². The van der Waals surface area contributed by atoms with Crippen LogP contribution in [0.3, 0.4) is 0 Å². The summed E-state index contributed by atoms with van der Waals surface area (Å²) >= 11 is 0. The maximum atomic E-state index is 14.3. The van der Waals surface area contributed by atoms with Gasteiger partial charge in [0.25, 0.3) is 0 Å². The van der Waals surface area contributed by atoms with E-state index in [9.17, 15) is 48.3 Å². The van der Waals surface area contributed by atoms with E-state index in [0.29, 0.717) is 0 Å². The molecule has 0 saturated heterocycles. The molecule has 0 aromatic rings. The maximum Gasteiger partial charge on any atom is 0.434 e. The van der Waals surface area contributed by atoms with Crippen molar-refractivity contribution in [1.82, 2.24) is 0 Å². The van der Waals surface area contributed by atoms with Gasteiger partial charge in [-0.05, 0) is 34.1 Å². The molecule has 26 heavy (non-hydrogen) atoms. The van der Waals surface area contributed by atoms with Crippen molar-refractivity contribution < 1.29 is 53.0 Å². The summed E-state index contributed by atoms with van der Waals surface area (Å²) in [4.78, 5) is 0. The predicted molar refractivity (Wildman–Crippen MR) is 70.0 cm³/mol. The van der Waals surface area contributed by atoms with Crippen molar-refractivity contribution in [2.75, 3.05) is 0 Å². The first kappa shape index (κ1) is 25.2. The molecule has 0 heterocycles. The minimum atomic E-state index is -6.58. The van der Waals surface area contributed by atoms with Crippen LogP contribution in [0.15, 0.2) is 0 Å². The van der Waals surface area contributed by atoms with Crippen LogP contribution < -0.4 is 0 Å². The first-order valence-electron chi connectivity index (χ1n) is 7.30. The SMILES string of the molecule is CCCC(C)(OC(F)(F)C(F)(C(C)(C)F)C(F)(F)F)C(C)(F)C(F)(F)F. The van der Waals surface area contributed by atoms with Crippen molar-refractivity contribution in [3.63, 3.8) is 0 Å². The van der Waals surface area contributed by atoms with Crippen LogP contribution in [0.4, 0.5) is 48.3 Å². The number of hydrogen-bond donors (Lipinski definition) is 0. The van der Waals surface area contributed by atoms with E-state index in [2.05, 4.69) is 4.74 Å². The van der Waals surface area contributed by atoms with E-state index in [1.807, 2.05) is 0 Å². The summed E-state index contributed by atoms with van der Waals surface area (Å²) < 4.78 is 151. The second-order valence-electron chi connectivity index (χ2n) is 6.73. The zero-order valence-electron chi connectivity index (χ0n) is 14.5. The topological polar surface area (TPSA) is 9.23 Å². The van der Waals surface area contributed by atoms with Gasteiger partial charge < -0.3 is 4.74 Å². The summed E-state index contributed by atoms with van der Waals surface area (Å²) in [5.41, 5.74) is -18.6. The highest BCUT2D eigenvalue weighted by Crippen LogP contribution is 2.57. The molecule has 0 bridgehead atoms. The maximum absolute atomic E-state index is 14.3. The Morgan fingerprint density at radius 2 is 1.04 bits per heavy atom. The van der Waals surface area contributed by atoms with Crippen LogP contribution in [0.1, 0.15) is 47.5 Å². The zero-order chi connectivity index (χ0) is 21.6. The molecule has 1 nitrogen and oxygen atoms in total. The lowest BCUT2D eigenvalue weighted by atomic mass is 9.81. The molecular formula is C14H19F11O. The third kappa shape index (κ3) is 3.89. The summed E-state index contributed by atoms with van der Waals surface area (Å²) in [7, 11) is 0. The van der Waals surface area contributed by atoms with Gasteiger partial charge in [0.1, 0.15) is 5.60 Å². The fourth-order valence-corrected chi connectivity index (χ4v) is 2.36. The standard InChI is InChI=1S/C14H19F11O/c1-6-7-9(4,10(5,16)12(18,19)20)26-14(24,25)11(17,8(2,3)15)13(21,22)23/h6-7H2,1-5H3. The van der Waals surface area contributed by atoms with E-state index in [1.165, 1.54) is 0 Å². The number of rotatable bonds is 7. The molecule has 0 aromatic carbocycles. The van der Waals surface area contributed by atoms with E-state index in [4.69, 9.17) is 0 Å². The van der Waals surface area contributed by atoms with E-state index < -0.39 is 53.9 Å². The summed E-state index contributed by atoms with van der Waals surface area (Å²) in [5, 5.41) is 0. The molecule has 0 fully saturated rings. The van der Waals surface area contributed by atoms with Gasteiger partial charge in [0, 0.05) is 0 Å². The minimum absolute atomic E-state index is 0.125. The van der Waals surface area contributed by atoms with Crippen LogP contribution in [0.2, 0.25) is 0 Å². The fourth-order valence-electron chi connectivity index (χ4n) is 2.36. The lowest BCUT2D eigenvalue weighted by molar-refractivity contribution is -0.443. The molecule has 0 spiro atoms.